The van der Waals surface area contributed by atoms with Gasteiger partial charge >= 0.3 is 0 Å². The minimum Gasteiger partial charge on any atom is -0.441 e. The lowest BCUT2D eigenvalue weighted by molar-refractivity contribution is 0.560. The van der Waals surface area contributed by atoms with Crippen LogP contribution in [0.3, 0.4) is 0 Å². The van der Waals surface area contributed by atoms with E-state index in [1.54, 1.807) is 0 Å². The average molecular weight is 208 g/mol. The summed E-state index contributed by atoms with van der Waals surface area (Å²) in [5.74, 6) is 1.38. The molecule has 3 nitrogen and oxygen atoms in total. The van der Waals surface area contributed by atoms with Gasteiger partial charge in [-0.25, -0.2) is 4.98 Å². The second-order valence-electron chi connectivity index (χ2n) is 3.12. The second-order valence-corrected chi connectivity index (χ2v) is 3.44. The molecular formula is C10H12N2OS. The molecule has 0 amide bonds. The summed E-state index contributed by atoms with van der Waals surface area (Å²) in [7, 11) is 0. The van der Waals surface area contributed by atoms with Crippen LogP contribution in [0.15, 0.2) is 22.6 Å². The van der Waals surface area contributed by atoms with Crippen molar-refractivity contribution in [2.45, 2.75) is 13.5 Å². The van der Waals surface area contributed by atoms with Crippen molar-refractivity contribution in [3.05, 3.63) is 29.7 Å². The van der Waals surface area contributed by atoms with Gasteiger partial charge in [0.05, 0.1) is 0 Å². The first-order valence-electron chi connectivity index (χ1n) is 4.47. The smallest absolute Gasteiger partial charge is 0.192 e. The average Bonchev–Trinajstić information content (AvgIpc) is 2.54. The number of oxazole rings is 1. The lowest BCUT2D eigenvalue weighted by atomic mass is 10.2. The number of hydrogen-bond donors (Lipinski definition) is 2. The number of aryl methyl sites for hydroxylation is 1. The van der Waals surface area contributed by atoms with Gasteiger partial charge in [0.1, 0.15) is 5.52 Å². The molecule has 0 atom stereocenters. The standard InChI is InChI=1S/C10H12N2OS/c1-7-12-9-3-2-8(5-11-6-14)4-10(9)13-7/h2-4,11,14H,5-6H2,1H3. The highest BCUT2D eigenvalue weighted by molar-refractivity contribution is 7.80. The summed E-state index contributed by atoms with van der Waals surface area (Å²) < 4.78 is 5.43. The van der Waals surface area contributed by atoms with Gasteiger partial charge < -0.3 is 9.73 Å². The molecule has 1 N–H and O–H groups in total. The maximum absolute atomic E-state index is 5.43. The molecule has 0 unspecified atom stereocenters. The van der Waals surface area contributed by atoms with Gasteiger partial charge in [-0.3, -0.25) is 0 Å². The Morgan fingerprint density at radius 2 is 2.36 bits per heavy atom. The fourth-order valence-electron chi connectivity index (χ4n) is 1.39. The van der Waals surface area contributed by atoms with Crippen molar-refractivity contribution in [1.29, 1.82) is 0 Å². The number of nitrogens with zero attached hydrogens (tertiary/aromatic N) is 1. The van der Waals surface area contributed by atoms with Crippen LogP contribution in [-0.2, 0) is 6.54 Å². The van der Waals surface area contributed by atoms with Crippen molar-refractivity contribution in [3.8, 4) is 0 Å². The Labute approximate surface area is 87.9 Å². The predicted octanol–water partition coefficient (Wildman–Crippen LogP) is 2.11. The van der Waals surface area contributed by atoms with E-state index in [1.807, 2.05) is 25.1 Å². The van der Waals surface area contributed by atoms with E-state index in [0.717, 1.165) is 17.6 Å². The molecule has 14 heavy (non-hydrogen) atoms. The van der Waals surface area contributed by atoms with E-state index < -0.39 is 0 Å². The fraction of sp³-hybridized carbons (Fsp3) is 0.300. The van der Waals surface area contributed by atoms with Gasteiger partial charge in [-0.1, -0.05) is 6.07 Å². The number of fused-ring (bicyclic) bond motifs is 1. The molecule has 74 valence electrons. The number of nitrogens with one attached hydrogen (secondary N) is 1. The SMILES string of the molecule is Cc1nc2ccc(CNCS)cc2o1. The van der Waals surface area contributed by atoms with Crippen LogP contribution in [-0.4, -0.2) is 10.9 Å². The third kappa shape index (κ3) is 1.91. The van der Waals surface area contributed by atoms with Crippen molar-refractivity contribution in [2.75, 3.05) is 5.88 Å². The molecule has 0 fully saturated rings. The fourth-order valence-corrected chi connectivity index (χ4v) is 1.51. The van der Waals surface area contributed by atoms with Crippen molar-refractivity contribution in [3.63, 3.8) is 0 Å². The van der Waals surface area contributed by atoms with Crippen LogP contribution >= 0.6 is 12.6 Å². The first kappa shape index (κ1) is 9.55. The monoisotopic (exact) mass is 208 g/mol. The van der Waals surface area contributed by atoms with E-state index in [4.69, 9.17) is 4.42 Å². The highest BCUT2D eigenvalue weighted by atomic mass is 32.1. The molecule has 0 radical (unpaired) electrons. The van der Waals surface area contributed by atoms with Gasteiger partial charge in [0.15, 0.2) is 11.5 Å². The Kier molecular flexibility index (Phi) is 2.74. The van der Waals surface area contributed by atoms with Gasteiger partial charge in [0.25, 0.3) is 0 Å². The van der Waals surface area contributed by atoms with Crippen LogP contribution < -0.4 is 5.32 Å². The Bertz CT molecular complexity index is 439. The highest BCUT2D eigenvalue weighted by Crippen LogP contribution is 2.16. The third-order valence-corrected chi connectivity index (χ3v) is 2.22. The Morgan fingerprint density at radius 1 is 1.50 bits per heavy atom. The molecule has 2 aromatic rings. The quantitative estimate of drug-likeness (QED) is 0.599. The topological polar surface area (TPSA) is 38.1 Å². The molecule has 0 saturated heterocycles. The summed E-state index contributed by atoms with van der Waals surface area (Å²) in [6.45, 7) is 2.66. The predicted molar refractivity (Wildman–Crippen MR) is 59.4 cm³/mol. The minimum absolute atomic E-state index is 0.674. The van der Waals surface area contributed by atoms with Gasteiger partial charge in [0.2, 0.25) is 0 Å². The zero-order valence-corrected chi connectivity index (χ0v) is 8.84. The molecular weight excluding hydrogens is 196 g/mol. The number of thiol groups is 1. The van der Waals surface area contributed by atoms with Crippen LogP contribution in [0.4, 0.5) is 0 Å². The largest absolute Gasteiger partial charge is 0.441 e. The summed E-state index contributed by atoms with van der Waals surface area (Å²) in [5, 5.41) is 3.14. The second kappa shape index (κ2) is 4.02. The first-order chi connectivity index (χ1) is 6.79. The maximum atomic E-state index is 5.43. The van der Waals surface area contributed by atoms with Gasteiger partial charge in [0, 0.05) is 19.3 Å². The van der Waals surface area contributed by atoms with Crippen molar-refractivity contribution >= 4 is 23.7 Å². The zero-order valence-electron chi connectivity index (χ0n) is 7.95. The summed E-state index contributed by atoms with van der Waals surface area (Å²) >= 11 is 4.08. The molecule has 0 aliphatic rings. The molecule has 1 heterocycles. The summed E-state index contributed by atoms with van der Waals surface area (Å²) in [4.78, 5) is 4.23. The van der Waals surface area contributed by atoms with Crippen molar-refractivity contribution in [2.24, 2.45) is 0 Å². The van der Waals surface area contributed by atoms with Gasteiger partial charge in [-0.15, -0.1) is 0 Å². The van der Waals surface area contributed by atoms with Crippen LogP contribution in [0.25, 0.3) is 11.1 Å². The third-order valence-electron chi connectivity index (χ3n) is 2.00. The van der Waals surface area contributed by atoms with E-state index >= 15 is 0 Å². The highest BCUT2D eigenvalue weighted by Gasteiger charge is 2.02. The molecule has 1 aromatic heterocycles. The Morgan fingerprint density at radius 3 is 3.14 bits per heavy atom. The van der Waals surface area contributed by atoms with Crippen LogP contribution in [0.5, 0.6) is 0 Å². The van der Waals surface area contributed by atoms with Crippen LogP contribution in [0.2, 0.25) is 0 Å². The molecule has 4 heteroatoms. The minimum atomic E-state index is 0.674. The number of aromatic nitrogens is 1. The van der Waals surface area contributed by atoms with E-state index in [9.17, 15) is 0 Å². The zero-order chi connectivity index (χ0) is 9.97. The maximum Gasteiger partial charge on any atom is 0.192 e. The molecule has 2 rings (SSSR count). The normalized spacial score (nSPS) is 11.0. The molecule has 0 aliphatic heterocycles. The van der Waals surface area contributed by atoms with E-state index in [-0.39, 0.29) is 0 Å². The molecule has 1 aromatic carbocycles. The summed E-state index contributed by atoms with van der Waals surface area (Å²) in [6, 6.07) is 6.02. The lowest BCUT2D eigenvalue weighted by Crippen LogP contribution is -2.09. The number of benzene rings is 1. The van der Waals surface area contributed by atoms with Crippen LogP contribution in [0.1, 0.15) is 11.5 Å². The van der Waals surface area contributed by atoms with Crippen molar-refractivity contribution in [1.82, 2.24) is 10.3 Å². The number of rotatable bonds is 3. The molecule has 0 saturated carbocycles. The molecule has 0 spiro atoms. The van der Waals surface area contributed by atoms with Gasteiger partial charge in [-0.2, -0.15) is 12.6 Å². The van der Waals surface area contributed by atoms with E-state index in [0.29, 0.717) is 11.8 Å². The Balaban J connectivity index is 2.31. The Hall–Kier alpha value is -1.00. The summed E-state index contributed by atoms with van der Waals surface area (Å²) in [5.41, 5.74) is 2.95. The van der Waals surface area contributed by atoms with E-state index in [1.165, 1.54) is 5.56 Å². The van der Waals surface area contributed by atoms with Crippen LogP contribution in [0, 0.1) is 6.92 Å². The first-order valence-corrected chi connectivity index (χ1v) is 5.10. The van der Waals surface area contributed by atoms with E-state index in [2.05, 4.69) is 22.9 Å². The lowest BCUT2D eigenvalue weighted by Gasteiger charge is -1.99. The molecule has 0 aliphatic carbocycles. The van der Waals surface area contributed by atoms with Crippen molar-refractivity contribution < 1.29 is 4.42 Å². The number of hydrogen-bond acceptors (Lipinski definition) is 4. The summed E-state index contributed by atoms with van der Waals surface area (Å²) in [6.07, 6.45) is 0. The molecule has 0 bridgehead atoms. The van der Waals surface area contributed by atoms with Gasteiger partial charge in [-0.05, 0) is 17.7 Å².